The zero-order chi connectivity index (χ0) is 19.3. The normalized spacial score (nSPS) is 11.2. The summed E-state index contributed by atoms with van der Waals surface area (Å²) in [6.07, 6.45) is 0. The largest absolute Gasteiger partial charge is 0.508 e. The molecule has 136 valence electrons. The van der Waals surface area contributed by atoms with Gasteiger partial charge in [-0.25, -0.2) is 0 Å². The van der Waals surface area contributed by atoms with E-state index in [4.69, 9.17) is 9.15 Å². The molecule has 0 radical (unpaired) electrons. The van der Waals surface area contributed by atoms with Crippen LogP contribution < -0.4 is 10.2 Å². The maximum atomic E-state index is 12.9. The predicted molar refractivity (Wildman–Crippen MR) is 101 cm³/mol. The number of phenolic OH excluding ortho intramolecular Hbond substituents is 2. The fraction of sp³-hybridized carbons (Fsp3) is 0.286. The fourth-order valence-corrected chi connectivity index (χ4v) is 3.46. The van der Waals surface area contributed by atoms with E-state index in [-0.39, 0.29) is 28.2 Å². The molecule has 0 aliphatic heterocycles. The summed E-state index contributed by atoms with van der Waals surface area (Å²) < 4.78 is 11.3. The molecule has 1 heterocycles. The van der Waals surface area contributed by atoms with Gasteiger partial charge in [0.2, 0.25) is 11.2 Å². The molecule has 26 heavy (non-hydrogen) atoms. The van der Waals surface area contributed by atoms with E-state index in [0.717, 1.165) is 33.9 Å². The van der Waals surface area contributed by atoms with Crippen molar-refractivity contribution in [3.8, 4) is 28.6 Å². The lowest BCUT2D eigenvalue weighted by Gasteiger charge is -2.19. The average Bonchev–Trinajstić information content (AvgIpc) is 2.58. The van der Waals surface area contributed by atoms with Crippen molar-refractivity contribution in [3.63, 3.8) is 0 Å². The van der Waals surface area contributed by atoms with Crippen molar-refractivity contribution in [1.29, 1.82) is 0 Å². The second-order valence-electron chi connectivity index (χ2n) is 6.63. The molecule has 1 aromatic heterocycles. The van der Waals surface area contributed by atoms with Gasteiger partial charge in [0, 0.05) is 17.7 Å². The third-order valence-corrected chi connectivity index (χ3v) is 5.35. The third kappa shape index (κ3) is 2.43. The van der Waals surface area contributed by atoms with Crippen molar-refractivity contribution < 1.29 is 19.4 Å². The molecule has 0 aliphatic rings. The quantitative estimate of drug-likeness (QED) is 0.712. The van der Waals surface area contributed by atoms with Gasteiger partial charge >= 0.3 is 0 Å². The Morgan fingerprint density at radius 3 is 1.96 bits per heavy atom. The molecule has 3 rings (SSSR count). The Kier molecular flexibility index (Phi) is 4.18. The lowest BCUT2D eigenvalue weighted by atomic mass is 9.88. The Morgan fingerprint density at radius 2 is 1.42 bits per heavy atom. The van der Waals surface area contributed by atoms with E-state index in [9.17, 15) is 15.0 Å². The van der Waals surface area contributed by atoms with Crippen LogP contribution in [0, 0.1) is 34.6 Å². The molecule has 0 saturated heterocycles. The van der Waals surface area contributed by atoms with Crippen molar-refractivity contribution in [2.75, 3.05) is 7.11 Å². The molecule has 3 aromatic rings. The van der Waals surface area contributed by atoms with Gasteiger partial charge < -0.3 is 19.4 Å². The van der Waals surface area contributed by atoms with Crippen molar-refractivity contribution in [3.05, 3.63) is 50.2 Å². The summed E-state index contributed by atoms with van der Waals surface area (Å²) in [5.74, 6) is -0.189. The van der Waals surface area contributed by atoms with E-state index in [1.807, 2.05) is 27.7 Å². The lowest BCUT2D eigenvalue weighted by molar-refractivity contribution is 0.397. The number of ether oxygens (including phenoxy) is 1. The SMILES string of the molecule is COc1c(-c2c(C)c(C)c(C)c(C)c2C)oc2cc(O)cc(O)c2c1=O. The highest BCUT2D eigenvalue weighted by molar-refractivity contribution is 5.89. The number of phenols is 2. The fourth-order valence-electron chi connectivity index (χ4n) is 3.46. The van der Waals surface area contributed by atoms with Crippen LogP contribution in [0.1, 0.15) is 27.8 Å². The third-order valence-electron chi connectivity index (χ3n) is 5.35. The minimum Gasteiger partial charge on any atom is -0.508 e. The number of rotatable bonds is 2. The van der Waals surface area contributed by atoms with E-state index in [2.05, 4.69) is 6.92 Å². The molecule has 0 fully saturated rings. The standard InChI is InChI=1S/C21H22O5/c1-9-10(2)12(4)17(13(5)11(9)3)20-21(25-6)19(24)18-15(23)7-14(22)8-16(18)26-20/h7-8,22-23H,1-6H3. The molecule has 0 aliphatic carbocycles. The summed E-state index contributed by atoms with van der Waals surface area (Å²) in [4.78, 5) is 12.9. The minimum atomic E-state index is -0.476. The number of hydrogen-bond acceptors (Lipinski definition) is 5. The van der Waals surface area contributed by atoms with Gasteiger partial charge in [-0.05, 0) is 62.4 Å². The van der Waals surface area contributed by atoms with E-state index in [1.54, 1.807) is 0 Å². The van der Waals surface area contributed by atoms with Crippen LogP contribution in [0.2, 0.25) is 0 Å². The van der Waals surface area contributed by atoms with Gasteiger partial charge in [0.15, 0.2) is 5.76 Å². The molecule has 5 heteroatoms. The van der Waals surface area contributed by atoms with Crippen LogP contribution in [0.3, 0.4) is 0 Å². The Morgan fingerprint density at radius 1 is 0.885 bits per heavy atom. The molecule has 0 bridgehead atoms. The number of methoxy groups -OCH3 is 1. The first-order valence-electron chi connectivity index (χ1n) is 8.33. The van der Waals surface area contributed by atoms with Gasteiger partial charge in [0.05, 0.1) is 7.11 Å². The zero-order valence-corrected chi connectivity index (χ0v) is 15.8. The smallest absolute Gasteiger partial charge is 0.239 e. The first-order valence-corrected chi connectivity index (χ1v) is 8.33. The molecule has 2 N–H and O–H groups in total. The van der Waals surface area contributed by atoms with Crippen LogP contribution in [-0.2, 0) is 0 Å². The van der Waals surface area contributed by atoms with Crippen molar-refractivity contribution in [2.24, 2.45) is 0 Å². The molecule has 2 aromatic carbocycles. The summed E-state index contributed by atoms with van der Waals surface area (Å²) >= 11 is 0. The maximum absolute atomic E-state index is 12.9. The molecule has 0 saturated carbocycles. The molecule has 0 unspecified atom stereocenters. The van der Waals surface area contributed by atoms with Gasteiger partial charge in [0.1, 0.15) is 22.5 Å². The maximum Gasteiger partial charge on any atom is 0.239 e. The van der Waals surface area contributed by atoms with Gasteiger partial charge in [-0.15, -0.1) is 0 Å². The Labute approximate surface area is 151 Å². The molecule has 5 nitrogen and oxygen atoms in total. The van der Waals surface area contributed by atoms with Crippen LogP contribution in [0.15, 0.2) is 21.3 Å². The first-order chi connectivity index (χ1) is 12.2. The van der Waals surface area contributed by atoms with E-state index >= 15 is 0 Å². The number of aromatic hydroxyl groups is 2. The predicted octanol–water partition coefficient (Wildman–Crippen LogP) is 4.42. The first kappa shape index (κ1) is 17.9. The van der Waals surface area contributed by atoms with E-state index in [1.165, 1.54) is 18.7 Å². The second kappa shape index (κ2) is 6.09. The summed E-state index contributed by atoms with van der Waals surface area (Å²) in [6.45, 7) is 10.1. The van der Waals surface area contributed by atoms with Crippen LogP contribution in [0.5, 0.6) is 17.2 Å². The summed E-state index contributed by atoms with van der Waals surface area (Å²) in [5.41, 5.74) is 5.85. The molecular formula is C21H22O5. The van der Waals surface area contributed by atoms with Crippen molar-refractivity contribution in [2.45, 2.75) is 34.6 Å². The molecule has 0 spiro atoms. The Hall–Kier alpha value is -2.95. The van der Waals surface area contributed by atoms with Gasteiger partial charge in [-0.3, -0.25) is 4.79 Å². The van der Waals surface area contributed by atoms with Crippen LogP contribution in [0.4, 0.5) is 0 Å². The van der Waals surface area contributed by atoms with Crippen molar-refractivity contribution >= 4 is 11.0 Å². The van der Waals surface area contributed by atoms with Gasteiger partial charge in [0.25, 0.3) is 0 Å². The number of hydrogen-bond donors (Lipinski definition) is 2. The van der Waals surface area contributed by atoms with Crippen LogP contribution >= 0.6 is 0 Å². The summed E-state index contributed by atoms with van der Waals surface area (Å²) in [5, 5.41) is 19.8. The number of fused-ring (bicyclic) bond motifs is 1. The molecular weight excluding hydrogens is 332 g/mol. The van der Waals surface area contributed by atoms with Gasteiger partial charge in [-0.2, -0.15) is 0 Å². The van der Waals surface area contributed by atoms with E-state index < -0.39 is 5.43 Å². The van der Waals surface area contributed by atoms with Crippen LogP contribution in [-0.4, -0.2) is 17.3 Å². The van der Waals surface area contributed by atoms with Crippen LogP contribution in [0.25, 0.3) is 22.3 Å². The van der Waals surface area contributed by atoms with Crippen molar-refractivity contribution in [1.82, 2.24) is 0 Å². The minimum absolute atomic E-state index is 0.0146. The summed E-state index contributed by atoms with van der Waals surface area (Å²) in [6, 6.07) is 2.42. The Bertz CT molecular complexity index is 1080. The molecule has 0 atom stereocenters. The zero-order valence-electron chi connectivity index (χ0n) is 15.8. The Balaban J connectivity index is 2.54. The lowest BCUT2D eigenvalue weighted by Crippen LogP contribution is -2.09. The van der Waals surface area contributed by atoms with E-state index in [0.29, 0.717) is 5.76 Å². The average molecular weight is 354 g/mol. The highest BCUT2D eigenvalue weighted by Crippen LogP contribution is 2.40. The second-order valence-corrected chi connectivity index (χ2v) is 6.63. The highest BCUT2D eigenvalue weighted by Gasteiger charge is 2.24. The number of benzene rings is 2. The highest BCUT2D eigenvalue weighted by atomic mass is 16.5. The monoisotopic (exact) mass is 354 g/mol. The molecule has 0 amide bonds. The summed E-state index contributed by atoms with van der Waals surface area (Å²) in [7, 11) is 1.40. The topological polar surface area (TPSA) is 79.9 Å². The van der Waals surface area contributed by atoms with Gasteiger partial charge in [-0.1, -0.05) is 0 Å².